The maximum Gasteiger partial charge on any atom is 0.234 e. The van der Waals surface area contributed by atoms with Gasteiger partial charge < -0.3 is 14.4 Å². The first kappa shape index (κ1) is 16.7. The molecule has 0 aliphatic heterocycles. The standard InChI is InChI=1S/C13H22N2O4S/c1-15(2)13-6-4-12(5-7-13)14-20(16,17)11-10-19-9-8-18-3/h4-7,14H,8-11H2,1-3H3. The SMILES string of the molecule is COCCOCCS(=O)(=O)Nc1ccc(N(C)C)cc1. The van der Waals surface area contributed by atoms with Gasteiger partial charge in [0.2, 0.25) is 10.0 Å². The Morgan fingerprint density at radius 3 is 2.30 bits per heavy atom. The van der Waals surface area contributed by atoms with Gasteiger partial charge in [0.1, 0.15) is 0 Å². The lowest BCUT2D eigenvalue weighted by atomic mass is 10.3. The van der Waals surface area contributed by atoms with Crippen LogP contribution in [-0.2, 0) is 19.5 Å². The number of ether oxygens (including phenoxy) is 2. The van der Waals surface area contributed by atoms with Gasteiger partial charge in [-0.05, 0) is 24.3 Å². The molecule has 0 aliphatic rings. The third kappa shape index (κ3) is 6.23. The van der Waals surface area contributed by atoms with Crippen LogP contribution in [-0.4, -0.2) is 55.2 Å². The summed E-state index contributed by atoms with van der Waals surface area (Å²) in [5, 5.41) is 0. The number of hydrogen-bond acceptors (Lipinski definition) is 5. The van der Waals surface area contributed by atoms with E-state index in [0.29, 0.717) is 18.9 Å². The molecule has 0 spiro atoms. The summed E-state index contributed by atoms with van der Waals surface area (Å²) in [6.45, 7) is 0.998. The molecule has 1 aromatic carbocycles. The van der Waals surface area contributed by atoms with Crippen molar-refractivity contribution in [3.05, 3.63) is 24.3 Å². The van der Waals surface area contributed by atoms with E-state index in [1.807, 2.05) is 31.1 Å². The Morgan fingerprint density at radius 1 is 1.10 bits per heavy atom. The van der Waals surface area contributed by atoms with E-state index in [-0.39, 0.29) is 12.4 Å². The van der Waals surface area contributed by atoms with Gasteiger partial charge in [-0.15, -0.1) is 0 Å². The molecule has 0 saturated carbocycles. The highest BCUT2D eigenvalue weighted by atomic mass is 32.2. The number of anilines is 2. The van der Waals surface area contributed by atoms with Crippen LogP contribution in [0.25, 0.3) is 0 Å². The summed E-state index contributed by atoms with van der Waals surface area (Å²) >= 11 is 0. The maximum atomic E-state index is 11.8. The van der Waals surface area contributed by atoms with Crippen LogP contribution in [0.1, 0.15) is 0 Å². The largest absolute Gasteiger partial charge is 0.382 e. The lowest BCUT2D eigenvalue weighted by Gasteiger charge is -2.13. The van der Waals surface area contributed by atoms with Gasteiger partial charge in [0, 0.05) is 32.6 Å². The van der Waals surface area contributed by atoms with Crippen molar-refractivity contribution in [2.75, 3.05) is 56.4 Å². The topological polar surface area (TPSA) is 67.9 Å². The van der Waals surface area contributed by atoms with E-state index in [0.717, 1.165) is 5.69 Å². The van der Waals surface area contributed by atoms with Crippen LogP contribution >= 0.6 is 0 Å². The van der Waals surface area contributed by atoms with Crippen LogP contribution < -0.4 is 9.62 Å². The molecule has 0 heterocycles. The molecule has 0 aromatic heterocycles. The fraction of sp³-hybridized carbons (Fsp3) is 0.538. The zero-order valence-corrected chi connectivity index (χ0v) is 12.9. The van der Waals surface area contributed by atoms with E-state index in [1.54, 1.807) is 19.2 Å². The fourth-order valence-electron chi connectivity index (χ4n) is 1.47. The van der Waals surface area contributed by atoms with Gasteiger partial charge in [-0.1, -0.05) is 0 Å². The summed E-state index contributed by atoms with van der Waals surface area (Å²) in [6.07, 6.45) is 0. The quantitative estimate of drug-likeness (QED) is 0.693. The van der Waals surface area contributed by atoms with Gasteiger partial charge >= 0.3 is 0 Å². The summed E-state index contributed by atoms with van der Waals surface area (Å²) in [5.74, 6) is -0.0772. The first-order chi connectivity index (χ1) is 9.44. The van der Waals surface area contributed by atoms with Crippen LogP contribution in [0.4, 0.5) is 11.4 Å². The van der Waals surface area contributed by atoms with Crippen molar-refractivity contribution in [3.63, 3.8) is 0 Å². The van der Waals surface area contributed by atoms with E-state index >= 15 is 0 Å². The van der Waals surface area contributed by atoms with E-state index in [2.05, 4.69) is 4.72 Å². The Labute approximate surface area is 120 Å². The van der Waals surface area contributed by atoms with Crippen LogP contribution in [0.5, 0.6) is 0 Å². The van der Waals surface area contributed by atoms with Crippen LogP contribution in [0.15, 0.2) is 24.3 Å². The summed E-state index contributed by atoms with van der Waals surface area (Å²) in [5.41, 5.74) is 1.56. The third-order valence-corrected chi connectivity index (χ3v) is 3.84. The van der Waals surface area contributed by atoms with Gasteiger partial charge in [-0.2, -0.15) is 0 Å². The predicted molar refractivity (Wildman–Crippen MR) is 80.9 cm³/mol. The Balaban J connectivity index is 2.45. The number of sulfonamides is 1. The van der Waals surface area contributed by atoms with Crippen LogP contribution in [0.2, 0.25) is 0 Å². The molecule has 7 heteroatoms. The Morgan fingerprint density at radius 2 is 1.75 bits per heavy atom. The molecule has 6 nitrogen and oxygen atoms in total. The maximum absolute atomic E-state index is 11.8. The monoisotopic (exact) mass is 302 g/mol. The predicted octanol–water partition coefficient (Wildman–Crippen LogP) is 1.16. The Bertz CT molecular complexity index is 486. The summed E-state index contributed by atoms with van der Waals surface area (Å²) < 4.78 is 36.1. The molecular formula is C13H22N2O4S. The minimum atomic E-state index is -3.38. The molecule has 0 unspecified atom stereocenters. The zero-order valence-electron chi connectivity index (χ0n) is 12.1. The van der Waals surface area contributed by atoms with Crippen molar-refractivity contribution in [3.8, 4) is 0 Å². The minimum Gasteiger partial charge on any atom is -0.382 e. The highest BCUT2D eigenvalue weighted by molar-refractivity contribution is 7.92. The molecule has 0 bridgehead atoms. The van der Waals surface area contributed by atoms with E-state index < -0.39 is 10.0 Å². The van der Waals surface area contributed by atoms with Gasteiger partial charge in [0.15, 0.2) is 0 Å². The number of rotatable bonds is 9. The lowest BCUT2D eigenvalue weighted by molar-refractivity contribution is 0.0785. The number of hydrogen-bond donors (Lipinski definition) is 1. The Kier molecular flexibility index (Phi) is 6.77. The second-order valence-electron chi connectivity index (χ2n) is 4.47. The van der Waals surface area contributed by atoms with Crippen molar-refractivity contribution in [2.45, 2.75) is 0 Å². The first-order valence-electron chi connectivity index (χ1n) is 6.29. The number of benzene rings is 1. The summed E-state index contributed by atoms with van der Waals surface area (Å²) in [4.78, 5) is 1.95. The molecule has 0 fully saturated rings. The Hall–Kier alpha value is -1.31. The molecule has 1 aromatic rings. The highest BCUT2D eigenvalue weighted by Gasteiger charge is 2.10. The third-order valence-electron chi connectivity index (χ3n) is 2.59. The van der Waals surface area contributed by atoms with Gasteiger partial charge in [0.05, 0.1) is 25.6 Å². The van der Waals surface area contributed by atoms with Crippen LogP contribution in [0.3, 0.4) is 0 Å². The van der Waals surface area contributed by atoms with Crippen LogP contribution in [0, 0.1) is 0 Å². The molecule has 1 N–H and O–H groups in total. The van der Waals surface area contributed by atoms with Crippen molar-refractivity contribution >= 4 is 21.4 Å². The highest BCUT2D eigenvalue weighted by Crippen LogP contribution is 2.16. The van der Waals surface area contributed by atoms with E-state index in [1.165, 1.54) is 0 Å². The molecule has 114 valence electrons. The van der Waals surface area contributed by atoms with Crippen molar-refractivity contribution in [1.82, 2.24) is 0 Å². The normalized spacial score (nSPS) is 11.3. The second-order valence-corrected chi connectivity index (χ2v) is 6.31. The smallest absolute Gasteiger partial charge is 0.234 e. The average molecular weight is 302 g/mol. The number of methoxy groups -OCH3 is 1. The second kappa shape index (κ2) is 8.08. The molecule has 0 radical (unpaired) electrons. The molecule has 0 aliphatic carbocycles. The van der Waals surface area contributed by atoms with Gasteiger partial charge in [0.25, 0.3) is 0 Å². The average Bonchev–Trinajstić information content (AvgIpc) is 2.38. The minimum absolute atomic E-state index is 0.0772. The van der Waals surface area contributed by atoms with E-state index in [4.69, 9.17) is 9.47 Å². The zero-order chi connectivity index (χ0) is 15.0. The van der Waals surface area contributed by atoms with Gasteiger partial charge in [-0.25, -0.2) is 8.42 Å². The number of nitrogens with zero attached hydrogens (tertiary/aromatic N) is 1. The van der Waals surface area contributed by atoms with Crippen molar-refractivity contribution in [2.24, 2.45) is 0 Å². The van der Waals surface area contributed by atoms with Crippen molar-refractivity contribution in [1.29, 1.82) is 0 Å². The van der Waals surface area contributed by atoms with E-state index in [9.17, 15) is 8.42 Å². The molecule has 0 amide bonds. The first-order valence-corrected chi connectivity index (χ1v) is 7.94. The molecule has 0 atom stereocenters. The molecule has 1 rings (SSSR count). The summed E-state index contributed by atoms with van der Waals surface area (Å²) in [6, 6.07) is 7.18. The lowest BCUT2D eigenvalue weighted by Crippen LogP contribution is -2.21. The molecular weight excluding hydrogens is 280 g/mol. The molecule has 0 saturated heterocycles. The fourth-order valence-corrected chi connectivity index (χ4v) is 2.41. The number of nitrogens with one attached hydrogen (secondary N) is 1. The molecule has 20 heavy (non-hydrogen) atoms. The van der Waals surface area contributed by atoms with Gasteiger partial charge in [-0.3, -0.25) is 4.72 Å². The summed E-state index contributed by atoms with van der Waals surface area (Å²) in [7, 11) is 2.04. The van der Waals surface area contributed by atoms with Crippen molar-refractivity contribution < 1.29 is 17.9 Å².